The molecule has 24 heavy (non-hydrogen) atoms. The summed E-state index contributed by atoms with van der Waals surface area (Å²) in [5.41, 5.74) is 0.0347. The normalized spacial score (nSPS) is 18.4. The van der Waals surface area contributed by atoms with E-state index in [0.29, 0.717) is 19.4 Å². The molecule has 0 heterocycles. The van der Waals surface area contributed by atoms with Crippen molar-refractivity contribution in [2.45, 2.75) is 51.0 Å². The molecular weight excluding hydrogens is 306 g/mol. The van der Waals surface area contributed by atoms with Crippen LogP contribution < -0.4 is 5.32 Å². The third-order valence-corrected chi connectivity index (χ3v) is 4.88. The topological polar surface area (TPSA) is 75.6 Å². The van der Waals surface area contributed by atoms with E-state index < -0.39 is 11.4 Å². The predicted octanol–water partition coefficient (Wildman–Crippen LogP) is 3.31. The third kappa shape index (κ3) is 4.81. The molecule has 1 atom stereocenters. The van der Waals surface area contributed by atoms with E-state index in [1.165, 1.54) is 0 Å². The highest BCUT2D eigenvalue weighted by Crippen LogP contribution is 2.38. The van der Waals surface area contributed by atoms with E-state index in [2.05, 4.69) is 5.32 Å². The van der Waals surface area contributed by atoms with Crippen LogP contribution in [-0.4, -0.2) is 30.7 Å². The van der Waals surface area contributed by atoms with Crippen LogP contribution in [0.4, 0.5) is 0 Å². The number of rotatable bonds is 7. The summed E-state index contributed by atoms with van der Waals surface area (Å²) < 4.78 is 5.21. The van der Waals surface area contributed by atoms with Crippen molar-refractivity contribution in [2.24, 2.45) is 5.41 Å². The molecule has 1 aliphatic carbocycles. The highest BCUT2D eigenvalue weighted by molar-refractivity contribution is 5.85. The summed E-state index contributed by atoms with van der Waals surface area (Å²) in [6.45, 7) is 0.357. The first kappa shape index (κ1) is 18.5. The van der Waals surface area contributed by atoms with Gasteiger partial charge in [-0.25, -0.2) is 0 Å². The number of amides is 1. The Morgan fingerprint density at radius 1 is 1.17 bits per heavy atom. The third-order valence-electron chi connectivity index (χ3n) is 4.88. The Bertz CT molecular complexity index is 536. The Hall–Kier alpha value is -1.88. The van der Waals surface area contributed by atoms with Gasteiger partial charge in [0.05, 0.1) is 18.1 Å². The van der Waals surface area contributed by atoms with Gasteiger partial charge in [-0.1, -0.05) is 56.0 Å². The number of hydrogen-bond donors (Lipinski definition) is 2. The quantitative estimate of drug-likeness (QED) is 0.751. The summed E-state index contributed by atoms with van der Waals surface area (Å²) in [7, 11) is 1.59. The van der Waals surface area contributed by atoms with Gasteiger partial charge in [-0.05, 0) is 18.4 Å². The molecule has 0 bridgehead atoms. The molecule has 0 aliphatic heterocycles. The van der Waals surface area contributed by atoms with Crippen LogP contribution in [0.2, 0.25) is 0 Å². The Kier molecular flexibility index (Phi) is 6.79. The fourth-order valence-corrected chi connectivity index (χ4v) is 3.50. The highest BCUT2D eigenvalue weighted by Gasteiger charge is 2.40. The number of hydrogen-bond acceptors (Lipinski definition) is 3. The molecule has 1 unspecified atom stereocenters. The molecule has 1 saturated carbocycles. The van der Waals surface area contributed by atoms with Gasteiger partial charge < -0.3 is 15.2 Å². The second-order valence-corrected chi connectivity index (χ2v) is 6.66. The van der Waals surface area contributed by atoms with Crippen LogP contribution in [0.15, 0.2) is 30.3 Å². The second-order valence-electron chi connectivity index (χ2n) is 6.66. The molecule has 2 N–H and O–H groups in total. The number of carbonyl (C=O) groups excluding carboxylic acids is 1. The molecule has 0 spiro atoms. The summed E-state index contributed by atoms with van der Waals surface area (Å²) in [6.07, 6.45) is 5.04. The van der Waals surface area contributed by atoms with Crippen molar-refractivity contribution in [1.29, 1.82) is 0 Å². The first-order valence-electron chi connectivity index (χ1n) is 8.64. The fourth-order valence-electron chi connectivity index (χ4n) is 3.50. The largest absolute Gasteiger partial charge is 0.481 e. The van der Waals surface area contributed by atoms with Crippen molar-refractivity contribution >= 4 is 11.9 Å². The minimum atomic E-state index is -0.922. The Morgan fingerprint density at radius 3 is 2.33 bits per heavy atom. The molecule has 0 radical (unpaired) electrons. The lowest BCUT2D eigenvalue weighted by molar-refractivity contribution is -0.153. The first-order valence-corrected chi connectivity index (χ1v) is 8.64. The van der Waals surface area contributed by atoms with Crippen LogP contribution >= 0.6 is 0 Å². The average Bonchev–Trinajstić information content (AvgIpc) is 2.82. The minimum Gasteiger partial charge on any atom is -0.481 e. The Labute approximate surface area is 143 Å². The lowest BCUT2D eigenvalue weighted by atomic mass is 9.77. The SMILES string of the molecule is COCC(NC(=O)CC1(C(=O)O)CCCCCC1)c1ccccc1. The van der Waals surface area contributed by atoms with Crippen molar-refractivity contribution in [3.05, 3.63) is 35.9 Å². The van der Waals surface area contributed by atoms with E-state index in [4.69, 9.17) is 4.74 Å². The van der Waals surface area contributed by atoms with E-state index in [1.54, 1.807) is 7.11 Å². The molecule has 5 heteroatoms. The maximum atomic E-state index is 12.6. The van der Waals surface area contributed by atoms with Crippen LogP contribution in [-0.2, 0) is 14.3 Å². The van der Waals surface area contributed by atoms with Gasteiger partial charge >= 0.3 is 5.97 Å². The molecule has 1 aromatic carbocycles. The summed E-state index contributed by atoms with van der Waals surface area (Å²) in [5, 5.41) is 12.7. The van der Waals surface area contributed by atoms with Gasteiger partial charge in [0.25, 0.3) is 0 Å². The molecule has 1 amide bonds. The van der Waals surface area contributed by atoms with Gasteiger partial charge in [-0.3, -0.25) is 9.59 Å². The first-order chi connectivity index (χ1) is 11.6. The maximum absolute atomic E-state index is 12.6. The molecule has 1 aromatic rings. The number of carboxylic acid groups (broad SMARTS) is 1. The van der Waals surface area contributed by atoms with Crippen molar-refractivity contribution in [3.63, 3.8) is 0 Å². The minimum absolute atomic E-state index is 0.0371. The van der Waals surface area contributed by atoms with Gasteiger partial charge in [0.2, 0.25) is 5.91 Å². The van der Waals surface area contributed by atoms with Crippen LogP contribution in [0.25, 0.3) is 0 Å². The Morgan fingerprint density at radius 2 is 1.79 bits per heavy atom. The van der Waals surface area contributed by atoms with E-state index in [0.717, 1.165) is 31.2 Å². The van der Waals surface area contributed by atoms with Gasteiger partial charge in [0.1, 0.15) is 0 Å². The zero-order valence-corrected chi connectivity index (χ0v) is 14.3. The molecule has 0 aromatic heterocycles. The van der Waals surface area contributed by atoms with Gasteiger partial charge in [0.15, 0.2) is 0 Å². The predicted molar refractivity (Wildman–Crippen MR) is 91.6 cm³/mol. The summed E-state index contributed by atoms with van der Waals surface area (Å²) in [4.78, 5) is 24.4. The maximum Gasteiger partial charge on any atom is 0.310 e. The van der Waals surface area contributed by atoms with Crippen molar-refractivity contribution in [1.82, 2.24) is 5.32 Å². The van der Waals surface area contributed by atoms with Gasteiger partial charge in [-0.15, -0.1) is 0 Å². The number of nitrogens with one attached hydrogen (secondary N) is 1. The smallest absolute Gasteiger partial charge is 0.310 e. The van der Waals surface area contributed by atoms with Gasteiger partial charge in [0, 0.05) is 13.5 Å². The van der Waals surface area contributed by atoms with E-state index >= 15 is 0 Å². The standard InChI is InChI=1S/C19H27NO4/c1-24-14-16(15-9-5-4-6-10-15)20-17(21)13-19(18(22)23)11-7-2-3-8-12-19/h4-6,9-10,16H,2-3,7-8,11-14H2,1H3,(H,20,21)(H,22,23). The summed E-state index contributed by atoms with van der Waals surface area (Å²) in [6, 6.07) is 9.34. The number of aliphatic carboxylic acids is 1. The van der Waals surface area contributed by atoms with Crippen LogP contribution in [0.1, 0.15) is 56.6 Å². The molecule has 1 aliphatic rings. The fraction of sp³-hybridized carbons (Fsp3) is 0.579. The van der Waals surface area contributed by atoms with Crippen LogP contribution in [0.5, 0.6) is 0 Å². The van der Waals surface area contributed by atoms with E-state index in [1.807, 2.05) is 30.3 Å². The van der Waals surface area contributed by atoms with Gasteiger partial charge in [-0.2, -0.15) is 0 Å². The Balaban J connectivity index is 2.07. The number of ether oxygens (including phenoxy) is 1. The average molecular weight is 333 g/mol. The zero-order valence-electron chi connectivity index (χ0n) is 14.3. The zero-order chi connectivity index (χ0) is 17.4. The lowest BCUT2D eigenvalue weighted by Gasteiger charge is -2.28. The monoisotopic (exact) mass is 333 g/mol. The van der Waals surface area contributed by atoms with Crippen LogP contribution in [0, 0.1) is 5.41 Å². The number of carbonyl (C=O) groups is 2. The van der Waals surface area contributed by atoms with E-state index in [9.17, 15) is 14.7 Å². The van der Waals surface area contributed by atoms with Crippen molar-refractivity contribution < 1.29 is 19.4 Å². The van der Waals surface area contributed by atoms with E-state index in [-0.39, 0.29) is 18.4 Å². The molecule has 1 fully saturated rings. The lowest BCUT2D eigenvalue weighted by Crippen LogP contribution is -2.39. The molecule has 132 valence electrons. The summed E-state index contributed by atoms with van der Waals surface area (Å²) >= 11 is 0. The number of benzene rings is 1. The van der Waals surface area contributed by atoms with Crippen molar-refractivity contribution in [2.75, 3.05) is 13.7 Å². The molecule has 5 nitrogen and oxygen atoms in total. The van der Waals surface area contributed by atoms with Crippen molar-refractivity contribution in [3.8, 4) is 0 Å². The molecular formula is C19H27NO4. The molecule has 2 rings (SSSR count). The number of carboxylic acids is 1. The second kappa shape index (κ2) is 8.83. The highest BCUT2D eigenvalue weighted by atomic mass is 16.5. The number of methoxy groups -OCH3 is 1. The summed E-state index contributed by atoms with van der Waals surface area (Å²) in [5.74, 6) is -1.06. The van der Waals surface area contributed by atoms with Crippen LogP contribution in [0.3, 0.4) is 0 Å². The molecule has 0 saturated heterocycles.